The Morgan fingerprint density at radius 2 is 2.08 bits per heavy atom. The Hall–Kier alpha value is -0.540. The second-order valence-corrected chi connectivity index (χ2v) is 4.43. The van der Waals surface area contributed by atoms with Crippen LogP contribution in [0.3, 0.4) is 0 Å². The maximum atomic E-state index is 12.6. The van der Waals surface area contributed by atoms with Gasteiger partial charge in [-0.1, -0.05) is 12.1 Å². The van der Waals surface area contributed by atoms with Crippen LogP contribution in [0, 0.1) is 5.82 Å². The molecule has 1 fully saturated rings. The third-order valence-electron chi connectivity index (χ3n) is 2.17. The zero-order valence-corrected chi connectivity index (χ0v) is 8.11. The summed E-state index contributed by atoms with van der Waals surface area (Å²) in [6, 6.07) is 6.81. The Morgan fingerprint density at radius 1 is 1.31 bits per heavy atom. The number of hydrogen-bond donors (Lipinski definition) is 1. The van der Waals surface area contributed by atoms with Crippen LogP contribution in [0.1, 0.15) is 10.8 Å². The van der Waals surface area contributed by atoms with Crippen LogP contribution in [0.5, 0.6) is 0 Å². The first-order valence-corrected chi connectivity index (χ1v) is 5.49. The molecule has 0 amide bonds. The van der Waals surface area contributed by atoms with Gasteiger partial charge in [-0.3, -0.25) is 0 Å². The molecule has 13 heavy (non-hydrogen) atoms. The second kappa shape index (κ2) is 4.11. The van der Waals surface area contributed by atoms with Gasteiger partial charge in [0, 0.05) is 24.1 Å². The largest absolute Gasteiger partial charge is 0.314 e. The SMILES string of the molecule is Fc1ccc([C@@H]2CNCCS2)cc1. The van der Waals surface area contributed by atoms with Gasteiger partial charge in [0.15, 0.2) is 0 Å². The fourth-order valence-corrected chi connectivity index (χ4v) is 2.59. The highest BCUT2D eigenvalue weighted by molar-refractivity contribution is 7.99. The average Bonchev–Trinajstić information content (AvgIpc) is 2.20. The number of halogens is 1. The lowest BCUT2D eigenvalue weighted by molar-refractivity contribution is 0.625. The maximum absolute atomic E-state index is 12.6. The van der Waals surface area contributed by atoms with Crippen molar-refractivity contribution < 1.29 is 4.39 Å². The number of benzene rings is 1. The molecule has 1 N–H and O–H groups in total. The van der Waals surface area contributed by atoms with E-state index in [1.807, 2.05) is 23.9 Å². The molecule has 1 saturated heterocycles. The van der Waals surface area contributed by atoms with Crippen molar-refractivity contribution >= 4 is 11.8 Å². The third kappa shape index (κ3) is 2.23. The quantitative estimate of drug-likeness (QED) is 0.740. The van der Waals surface area contributed by atoms with Gasteiger partial charge in [-0.15, -0.1) is 0 Å². The minimum absolute atomic E-state index is 0.155. The Kier molecular flexibility index (Phi) is 2.86. The molecule has 0 radical (unpaired) electrons. The van der Waals surface area contributed by atoms with E-state index in [-0.39, 0.29) is 5.82 Å². The number of thioether (sulfide) groups is 1. The lowest BCUT2D eigenvalue weighted by Gasteiger charge is -2.22. The van der Waals surface area contributed by atoms with Crippen molar-refractivity contribution in [1.82, 2.24) is 5.32 Å². The number of nitrogens with one attached hydrogen (secondary N) is 1. The lowest BCUT2D eigenvalue weighted by atomic mass is 10.1. The van der Waals surface area contributed by atoms with Crippen LogP contribution in [0.2, 0.25) is 0 Å². The summed E-state index contributed by atoms with van der Waals surface area (Å²) in [4.78, 5) is 0. The summed E-state index contributed by atoms with van der Waals surface area (Å²) in [5.41, 5.74) is 1.22. The molecule has 1 aliphatic rings. The van der Waals surface area contributed by atoms with Crippen LogP contribution in [0.25, 0.3) is 0 Å². The van der Waals surface area contributed by atoms with Gasteiger partial charge >= 0.3 is 0 Å². The summed E-state index contributed by atoms with van der Waals surface area (Å²) >= 11 is 1.94. The fourth-order valence-electron chi connectivity index (χ4n) is 1.46. The monoisotopic (exact) mass is 197 g/mol. The zero-order chi connectivity index (χ0) is 9.10. The molecule has 1 atom stereocenters. The Bertz CT molecular complexity index is 267. The Morgan fingerprint density at radius 3 is 2.69 bits per heavy atom. The van der Waals surface area contributed by atoms with Crippen molar-refractivity contribution in [3.8, 4) is 0 Å². The molecular formula is C10H12FNS. The van der Waals surface area contributed by atoms with Gasteiger partial charge in [0.1, 0.15) is 5.82 Å². The van der Waals surface area contributed by atoms with E-state index in [4.69, 9.17) is 0 Å². The normalized spacial score (nSPS) is 23.0. The zero-order valence-electron chi connectivity index (χ0n) is 7.29. The summed E-state index contributed by atoms with van der Waals surface area (Å²) in [7, 11) is 0. The van der Waals surface area contributed by atoms with Gasteiger partial charge < -0.3 is 5.32 Å². The first kappa shape index (κ1) is 9.03. The molecule has 0 aromatic heterocycles. The van der Waals surface area contributed by atoms with E-state index in [9.17, 15) is 4.39 Å². The summed E-state index contributed by atoms with van der Waals surface area (Å²) in [6.07, 6.45) is 0. The van der Waals surface area contributed by atoms with Crippen LogP contribution < -0.4 is 5.32 Å². The van der Waals surface area contributed by atoms with E-state index in [2.05, 4.69) is 5.32 Å². The van der Waals surface area contributed by atoms with Crippen molar-refractivity contribution in [3.05, 3.63) is 35.6 Å². The van der Waals surface area contributed by atoms with Crippen molar-refractivity contribution in [3.63, 3.8) is 0 Å². The molecule has 1 nitrogen and oxygen atoms in total. The predicted octanol–water partition coefficient (Wildman–Crippen LogP) is 2.20. The summed E-state index contributed by atoms with van der Waals surface area (Å²) in [5, 5.41) is 3.83. The Balaban J connectivity index is 2.10. The highest BCUT2D eigenvalue weighted by atomic mass is 32.2. The molecule has 2 rings (SSSR count). The minimum Gasteiger partial charge on any atom is -0.314 e. The fraction of sp³-hybridized carbons (Fsp3) is 0.400. The van der Waals surface area contributed by atoms with E-state index >= 15 is 0 Å². The van der Waals surface area contributed by atoms with Gasteiger partial charge in [0.2, 0.25) is 0 Å². The summed E-state index contributed by atoms with van der Waals surface area (Å²) in [5.74, 6) is 0.986. The molecule has 3 heteroatoms. The van der Waals surface area contributed by atoms with E-state index in [0.717, 1.165) is 18.8 Å². The molecule has 0 saturated carbocycles. The van der Waals surface area contributed by atoms with Crippen LogP contribution in [-0.4, -0.2) is 18.8 Å². The predicted molar refractivity (Wildman–Crippen MR) is 54.5 cm³/mol. The van der Waals surface area contributed by atoms with Crippen molar-refractivity contribution in [2.24, 2.45) is 0 Å². The first-order chi connectivity index (χ1) is 6.36. The molecule has 0 aliphatic carbocycles. The first-order valence-electron chi connectivity index (χ1n) is 4.44. The second-order valence-electron chi connectivity index (χ2n) is 3.12. The molecule has 1 heterocycles. The average molecular weight is 197 g/mol. The molecular weight excluding hydrogens is 185 g/mol. The van der Waals surface area contributed by atoms with E-state index in [0.29, 0.717) is 5.25 Å². The van der Waals surface area contributed by atoms with Gasteiger partial charge in [0.25, 0.3) is 0 Å². The molecule has 1 aliphatic heterocycles. The number of rotatable bonds is 1. The van der Waals surface area contributed by atoms with E-state index in [1.165, 1.54) is 17.7 Å². The van der Waals surface area contributed by atoms with E-state index < -0.39 is 0 Å². The smallest absolute Gasteiger partial charge is 0.123 e. The van der Waals surface area contributed by atoms with E-state index in [1.54, 1.807) is 0 Å². The molecule has 1 aromatic carbocycles. The lowest BCUT2D eigenvalue weighted by Crippen LogP contribution is -2.28. The maximum Gasteiger partial charge on any atom is 0.123 e. The summed E-state index contributed by atoms with van der Waals surface area (Å²) < 4.78 is 12.6. The highest BCUT2D eigenvalue weighted by Crippen LogP contribution is 2.29. The highest BCUT2D eigenvalue weighted by Gasteiger charge is 2.14. The van der Waals surface area contributed by atoms with Gasteiger partial charge in [-0.2, -0.15) is 11.8 Å². The van der Waals surface area contributed by atoms with Gasteiger partial charge in [-0.25, -0.2) is 4.39 Å². The van der Waals surface area contributed by atoms with Crippen molar-refractivity contribution in [2.45, 2.75) is 5.25 Å². The van der Waals surface area contributed by atoms with Crippen molar-refractivity contribution in [2.75, 3.05) is 18.8 Å². The van der Waals surface area contributed by atoms with Gasteiger partial charge in [-0.05, 0) is 17.7 Å². The van der Waals surface area contributed by atoms with Crippen LogP contribution in [-0.2, 0) is 0 Å². The van der Waals surface area contributed by atoms with Crippen molar-refractivity contribution in [1.29, 1.82) is 0 Å². The topological polar surface area (TPSA) is 12.0 Å². The summed E-state index contributed by atoms with van der Waals surface area (Å²) in [6.45, 7) is 2.08. The molecule has 70 valence electrons. The molecule has 0 bridgehead atoms. The number of hydrogen-bond acceptors (Lipinski definition) is 2. The molecule has 1 aromatic rings. The standard InChI is InChI=1S/C10H12FNS/c11-9-3-1-8(2-4-9)10-7-12-5-6-13-10/h1-4,10,12H,5-7H2/t10-/m0/s1. The third-order valence-corrected chi connectivity index (χ3v) is 3.45. The van der Waals surface area contributed by atoms with Crippen LogP contribution in [0.4, 0.5) is 4.39 Å². The van der Waals surface area contributed by atoms with Crippen LogP contribution in [0.15, 0.2) is 24.3 Å². The molecule has 0 spiro atoms. The molecule has 0 unspecified atom stereocenters. The van der Waals surface area contributed by atoms with Crippen LogP contribution >= 0.6 is 11.8 Å². The van der Waals surface area contributed by atoms with Gasteiger partial charge in [0.05, 0.1) is 0 Å². The minimum atomic E-state index is -0.155. The Labute approximate surface area is 81.7 Å².